The number of benzene rings is 1. The topological polar surface area (TPSA) is 84.5 Å². The molecule has 4 aromatic rings. The van der Waals surface area contributed by atoms with Gasteiger partial charge >= 0.3 is 0 Å². The highest BCUT2D eigenvalue weighted by atomic mass is 35.5. The van der Waals surface area contributed by atoms with Gasteiger partial charge in [0, 0.05) is 54.7 Å². The van der Waals surface area contributed by atoms with Gasteiger partial charge in [0.15, 0.2) is 0 Å². The van der Waals surface area contributed by atoms with Gasteiger partial charge in [0.1, 0.15) is 16.5 Å². The lowest BCUT2D eigenvalue weighted by Gasteiger charge is -2.07. The van der Waals surface area contributed by atoms with Crippen LogP contribution >= 0.6 is 11.6 Å². The minimum atomic E-state index is -0.171. The normalized spacial score (nSPS) is 17.8. The molecule has 1 amide bonds. The van der Waals surface area contributed by atoms with E-state index < -0.39 is 0 Å². The first-order valence-electron chi connectivity index (χ1n) is 10.2. The lowest BCUT2D eigenvalue weighted by Crippen LogP contribution is -2.27. The van der Waals surface area contributed by atoms with E-state index in [1.807, 2.05) is 44.4 Å². The average Bonchev–Trinajstić information content (AvgIpc) is 3.32. The minimum Gasteiger partial charge on any atom is -0.396 e. The molecular weight excluding hydrogens is 414 g/mol. The molecule has 0 saturated heterocycles. The summed E-state index contributed by atoms with van der Waals surface area (Å²) in [5.74, 6) is -0.0110. The van der Waals surface area contributed by atoms with Crippen LogP contribution in [0.2, 0.25) is 5.15 Å². The third kappa shape index (κ3) is 3.49. The molecule has 0 aliphatic heterocycles. The van der Waals surface area contributed by atoms with Crippen molar-refractivity contribution < 1.29 is 9.90 Å². The molecule has 7 nitrogen and oxygen atoms in total. The van der Waals surface area contributed by atoms with Crippen molar-refractivity contribution in [3.63, 3.8) is 0 Å². The average molecular weight is 436 g/mol. The van der Waals surface area contributed by atoms with Crippen LogP contribution in [0.1, 0.15) is 22.5 Å². The Kier molecular flexibility index (Phi) is 4.79. The van der Waals surface area contributed by atoms with Crippen molar-refractivity contribution in [3.05, 3.63) is 65.2 Å². The molecule has 3 heterocycles. The molecule has 1 aliphatic rings. The number of hydrogen-bond donors (Lipinski definition) is 2. The number of aromatic nitrogens is 4. The van der Waals surface area contributed by atoms with E-state index in [1.165, 1.54) is 0 Å². The molecule has 0 radical (unpaired) electrons. The van der Waals surface area contributed by atoms with Crippen LogP contribution in [-0.2, 0) is 7.05 Å². The Balaban J connectivity index is 1.54. The summed E-state index contributed by atoms with van der Waals surface area (Å²) in [6.45, 7) is 2.07. The Morgan fingerprint density at radius 3 is 2.71 bits per heavy atom. The molecule has 0 bridgehead atoms. The van der Waals surface area contributed by atoms with Gasteiger partial charge in [-0.05, 0) is 31.0 Å². The molecule has 1 aromatic carbocycles. The van der Waals surface area contributed by atoms with E-state index in [0.717, 1.165) is 28.8 Å². The van der Waals surface area contributed by atoms with Crippen LogP contribution in [0.15, 0.2) is 48.8 Å². The number of imidazole rings is 1. The van der Waals surface area contributed by atoms with Gasteiger partial charge < -0.3 is 10.4 Å². The highest BCUT2D eigenvalue weighted by Crippen LogP contribution is 2.37. The van der Waals surface area contributed by atoms with Crippen LogP contribution in [0.3, 0.4) is 0 Å². The standard InChI is InChI=1S/C23H22ClN5O2/c1-13-18(11-28(2)27-13)16-5-3-4-6-17(16)21-22(24)29-8-7-14(10-20(29)26-21)23(31)25-19-9-15(19)12-30/h3-8,10-11,15,19,30H,9,12H2,1-2H3,(H,25,31)/t15-,19+/m0/s1. The number of hydrogen-bond acceptors (Lipinski definition) is 4. The molecule has 1 saturated carbocycles. The predicted octanol–water partition coefficient (Wildman–Crippen LogP) is 3.47. The number of amides is 1. The van der Waals surface area contributed by atoms with Crippen molar-refractivity contribution in [2.24, 2.45) is 13.0 Å². The van der Waals surface area contributed by atoms with Gasteiger partial charge in [-0.3, -0.25) is 13.9 Å². The van der Waals surface area contributed by atoms with Gasteiger partial charge in [-0.1, -0.05) is 35.9 Å². The van der Waals surface area contributed by atoms with E-state index in [2.05, 4.69) is 10.4 Å². The number of carbonyl (C=O) groups is 1. The molecule has 31 heavy (non-hydrogen) atoms. The molecule has 5 rings (SSSR count). The van der Waals surface area contributed by atoms with Gasteiger partial charge in [-0.2, -0.15) is 5.10 Å². The largest absolute Gasteiger partial charge is 0.396 e. The Bertz CT molecular complexity index is 1310. The summed E-state index contributed by atoms with van der Waals surface area (Å²) in [7, 11) is 1.90. The number of aryl methyl sites for hydroxylation is 2. The summed E-state index contributed by atoms with van der Waals surface area (Å²) < 4.78 is 3.56. The van der Waals surface area contributed by atoms with Crippen LogP contribution in [0.5, 0.6) is 0 Å². The minimum absolute atomic E-state index is 0.0437. The Morgan fingerprint density at radius 2 is 2.03 bits per heavy atom. The first kappa shape index (κ1) is 19.8. The lowest BCUT2D eigenvalue weighted by atomic mass is 9.99. The van der Waals surface area contributed by atoms with Crippen molar-refractivity contribution in [3.8, 4) is 22.4 Å². The van der Waals surface area contributed by atoms with Gasteiger partial charge in [0.2, 0.25) is 0 Å². The molecule has 0 unspecified atom stereocenters. The zero-order valence-electron chi connectivity index (χ0n) is 17.2. The SMILES string of the molecule is Cc1nn(C)cc1-c1ccccc1-c1nc2cc(C(=O)N[C@@H]3C[C@H]3CO)ccn2c1Cl. The first-order chi connectivity index (χ1) is 15.0. The number of fused-ring (bicyclic) bond motifs is 1. The Hall–Kier alpha value is -3.16. The second-order valence-corrected chi connectivity index (χ2v) is 8.36. The molecule has 1 fully saturated rings. The smallest absolute Gasteiger partial charge is 0.251 e. The Morgan fingerprint density at radius 1 is 1.26 bits per heavy atom. The fourth-order valence-corrected chi connectivity index (χ4v) is 4.28. The second kappa shape index (κ2) is 7.51. The molecule has 0 spiro atoms. The molecule has 2 N–H and O–H groups in total. The molecule has 8 heteroatoms. The van der Waals surface area contributed by atoms with Gasteiger partial charge in [-0.25, -0.2) is 4.98 Å². The van der Waals surface area contributed by atoms with Gasteiger partial charge in [0.25, 0.3) is 5.91 Å². The molecule has 1 aliphatic carbocycles. The summed E-state index contributed by atoms with van der Waals surface area (Å²) in [4.78, 5) is 17.3. The van der Waals surface area contributed by atoms with Crippen LogP contribution in [0.25, 0.3) is 28.0 Å². The number of pyridine rings is 1. The summed E-state index contributed by atoms with van der Waals surface area (Å²) in [6, 6.07) is 11.5. The van der Waals surface area contributed by atoms with E-state index in [4.69, 9.17) is 16.6 Å². The number of aliphatic hydroxyl groups excluding tert-OH is 1. The molecule has 158 valence electrons. The Labute approximate surface area is 184 Å². The van der Waals surface area contributed by atoms with Crippen LogP contribution in [-0.4, -0.2) is 42.8 Å². The highest BCUT2D eigenvalue weighted by Gasteiger charge is 2.37. The van der Waals surface area contributed by atoms with Crippen molar-refractivity contribution in [2.45, 2.75) is 19.4 Å². The summed E-state index contributed by atoms with van der Waals surface area (Å²) >= 11 is 6.71. The maximum absolute atomic E-state index is 12.6. The number of carbonyl (C=O) groups excluding carboxylic acids is 1. The van der Waals surface area contributed by atoms with E-state index in [1.54, 1.807) is 27.4 Å². The zero-order chi connectivity index (χ0) is 21.7. The number of rotatable bonds is 5. The zero-order valence-corrected chi connectivity index (χ0v) is 18.0. The number of halogens is 1. The monoisotopic (exact) mass is 435 g/mol. The van der Waals surface area contributed by atoms with E-state index >= 15 is 0 Å². The maximum atomic E-state index is 12.6. The number of nitrogens with zero attached hydrogens (tertiary/aromatic N) is 4. The van der Waals surface area contributed by atoms with E-state index in [-0.39, 0.29) is 24.5 Å². The van der Waals surface area contributed by atoms with Crippen LogP contribution in [0, 0.1) is 12.8 Å². The maximum Gasteiger partial charge on any atom is 0.251 e. The first-order valence-corrected chi connectivity index (χ1v) is 10.5. The number of aliphatic hydroxyl groups is 1. The third-order valence-corrected chi connectivity index (χ3v) is 6.15. The van der Waals surface area contributed by atoms with Crippen LogP contribution < -0.4 is 5.32 Å². The summed E-state index contributed by atoms with van der Waals surface area (Å²) in [5, 5.41) is 17.1. The molecule has 3 aromatic heterocycles. The van der Waals surface area contributed by atoms with Crippen molar-refractivity contribution in [1.29, 1.82) is 0 Å². The quantitative estimate of drug-likeness (QED) is 0.502. The van der Waals surface area contributed by atoms with Crippen molar-refractivity contribution in [2.75, 3.05) is 6.61 Å². The van der Waals surface area contributed by atoms with E-state index in [0.29, 0.717) is 22.1 Å². The number of nitrogens with one attached hydrogen (secondary N) is 1. The molecular formula is C23H22ClN5O2. The van der Waals surface area contributed by atoms with Gasteiger partial charge in [-0.15, -0.1) is 0 Å². The second-order valence-electron chi connectivity index (χ2n) is 8.00. The van der Waals surface area contributed by atoms with Gasteiger partial charge in [0.05, 0.1) is 5.69 Å². The predicted molar refractivity (Wildman–Crippen MR) is 119 cm³/mol. The lowest BCUT2D eigenvalue weighted by molar-refractivity contribution is 0.0947. The fraction of sp³-hybridized carbons (Fsp3) is 0.261. The van der Waals surface area contributed by atoms with E-state index in [9.17, 15) is 9.90 Å². The van der Waals surface area contributed by atoms with Crippen LogP contribution in [0.4, 0.5) is 0 Å². The van der Waals surface area contributed by atoms with Crippen molar-refractivity contribution in [1.82, 2.24) is 24.5 Å². The fourth-order valence-electron chi connectivity index (χ4n) is 3.99. The summed E-state index contributed by atoms with van der Waals surface area (Å²) in [5.41, 5.74) is 5.62. The summed E-state index contributed by atoms with van der Waals surface area (Å²) in [6.07, 6.45) is 4.56. The molecule has 2 atom stereocenters. The highest BCUT2D eigenvalue weighted by molar-refractivity contribution is 6.32. The third-order valence-electron chi connectivity index (χ3n) is 5.79. The van der Waals surface area contributed by atoms with Crippen molar-refractivity contribution >= 4 is 23.2 Å².